The number of fused-ring (bicyclic) bond motifs is 3. The van der Waals surface area contributed by atoms with Crippen LogP contribution >= 0.6 is 11.6 Å². The lowest BCUT2D eigenvalue weighted by Crippen LogP contribution is -2.29. The van der Waals surface area contributed by atoms with Crippen LogP contribution in [0.1, 0.15) is 26.5 Å². The number of carbonyl (C=O) groups excluding carboxylic acids is 1. The van der Waals surface area contributed by atoms with Gasteiger partial charge in [0.25, 0.3) is 5.56 Å². The molecule has 0 aliphatic heterocycles. The molecule has 4 aromatic rings. The van der Waals surface area contributed by atoms with Crippen LogP contribution in [-0.2, 0) is 16.8 Å². The summed E-state index contributed by atoms with van der Waals surface area (Å²) < 4.78 is 15.9. The first-order valence-electron chi connectivity index (χ1n) is 9.13. The second kappa shape index (κ2) is 7.17. The van der Waals surface area contributed by atoms with E-state index >= 15 is 0 Å². The Hall–Kier alpha value is -3.33. The number of hydrogen-bond donors (Lipinski definition) is 1. The van der Waals surface area contributed by atoms with Gasteiger partial charge in [0.05, 0.1) is 22.3 Å². The van der Waals surface area contributed by atoms with Crippen LogP contribution in [0.4, 0.5) is 10.2 Å². The Bertz CT molecular complexity index is 1340. The number of nitrogens with one attached hydrogen (secondary N) is 1. The molecule has 4 heterocycles. The first-order valence-corrected chi connectivity index (χ1v) is 9.51. The molecule has 0 aliphatic carbocycles. The van der Waals surface area contributed by atoms with Gasteiger partial charge in [0.1, 0.15) is 23.8 Å². The van der Waals surface area contributed by atoms with Crippen molar-refractivity contribution < 1.29 is 9.18 Å². The van der Waals surface area contributed by atoms with Crippen molar-refractivity contribution in [1.82, 2.24) is 24.1 Å². The molecule has 10 heteroatoms. The summed E-state index contributed by atoms with van der Waals surface area (Å²) in [4.78, 5) is 33.8. The summed E-state index contributed by atoms with van der Waals surface area (Å²) in [5.74, 6) is -0.829. The van der Waals surface area contributed by atoms with Crippen LogP contribution in [0.5, 0.6) is 0 Å². The van der Waals surface area contributed by atoms with E-state index < -0.39 is 17.3 Å². The first kappa shape index (κ1) is 20.0. The molecule has 0 bridgehead atoms. The number of anilines is 1. The molecule has 1 N–H and O–H groups in total. The van der Waals surface area contributed by atoms with Crippen molar-refractivity contribution in [2.45, 2.75) is 32.7 Å². The van der Waals surface area contributed by atoms with Crippen LogP contribution in [-0.4, -0.2) is 30.1 Å². The molecule has 1 amide bonds. The minimum Gasteiger partial charge on any atom is -0.309 e. The number of aromatic nitrogens is 5. The molecule has 0 aliphatic rings. The van der Waals surface area contributed by atoms with E-state index in [4.69, 9.17) is 11.6 Å². The zero-order valence-corrected chi connectivity index (χ0v) is 17.2. The minimum absolute atomic E-state index is 0.180. The summed E-state index contributed by atoms with van der Waals surface area (Å²) in [6.45, 7) is 5.70. The number of pyridine rings is 2. The topological polar surface area (TPSA) is 94.2 Å². The van der Waals surface area contributed by atoms with E-state index in [1.54, 1.807) is 6.07 Å². The van der Waals surface area contributed by atoms with E-state index in [0.717, 1.165) is 11.9 Å². The summed E-state index contributed by atoms with van der Waals surface area (Å²) in [5.41, 5.74) is 0.808. The van der Waals surface area contributed by atoms with Crippen molar-refractivity contribution in [3.8, 4) is 0 Å². The molecule has 0 aromatic carbocycles. The molecule has 8 nitrogen and oxygen atoms in total. The van der Waals surface area contributed by atoms with E-state index in [1.165, 1.54) is 33.5 Å². The number of amides is 1. The Morgan fingerprint density at radius 1 is 1.20 bits per heavy atom. The Morgan fingerprint density at radius 2 is 1.97 bits per heavy atom. The number of rotatable bonds is 3. The largest absolute Gasteiger partial charge is 0.309 e. The second-order valence-corrected chi connectivity index (χ2v) is 8.31. The van der Waals surface area contributed by atoms with Gasteiger partial charge in [-0.1, -0.05) is 32.4 Å². The van der Waals surface area contributed by atoms with Crippen LogP contribution in [0.3, 0.4) is 0 Å². The lowest BCUT2D eigenvalue weighted by atomic mass is 9.93. The van der Waals surface area contributed by atoms with Gasteiger partial charge in [-0.15, -0.1) is 0 Å². The van der Waals surface area contributed by atoms with Crippen LogP contribution in [0.2, 0.25) is 5.02 Å². The lowest BCUT2D eigenvalue weighted by molar-refractivity contribution is -0.116. The number of hydrogen-bond acceptors (Lipinski definition) is 5. The molecule has 0 unspecified atom stereocenters. The highest BCUT2D eigenvalue weighted by atomic mass is 35.5. The van der Waals surface area contributed by atoms with Gasteiger partial charge in [-0.3, -0.25) is 14.2 Å². The quantitative estimate of drug-likeness (QED) is 0.541. The van der Waals surface area contributed by atoms with Crippen LogP contribution in [0.15, 0.2) is 41.5 Å². The van der Waals surface area contributed by atoms with Gasteiger partial charge >= 0.3 is 0 Å². The molecule has 0 radical (unpaired) electrons. The summed E-state index contributed by atoms with van der Waals surface area (Å²) in [6.07, 6.45) is 2.44. The van der Waals surface area contributed by atoms with E-state index in [0.29, 0.717) is 16.3 Å². The SMILES string of the molecule is CC(C)(C)c1cc2n(CC(=O)Nc3ccc(F)cn3)c(=O)c3cc(Cl)cnc3n2n1. The van der Waals surface area contributed by atoms with Gasteiger partial charge in [-0.2, -0.15) is 9.61 Å². The van der Waals surface area contributed by atoms with Crippen LogP contribution in [0.25, 0.3) is 16.7 Å². The predicted octanol–water partition coefficient (Wildman–Crippen LogP) is 3.17. The fraction of sp³-hybridized carbons (Fsp3) is 0.250. The monoisotopic (exact) mass is 428 g/mol. The van der Waals surface area contributed by atoms with Gasteiger partial charge < -0.3 is 5.32 Å². The maximum absolute atomic E-state index is 13.2. The third kappa shape index (κ3) is 3.63. The molecule has 30 heavy (non-hydrogen) atoms. The smallest absolute Gasteiger partial charge is 0.263 e. The maximum atomic E-state index is 13.2. The highest BCUT2D eigenvalue weighted by molar-refractivity contribution is 6.31. The second-order valence-electron chi connectivity index (χ2n) is 7.88. The van der Waals surface area contributed by atoms with Crippen molar-refractivity contribution in [1.29, 1.82) is 0 Å². The molecule has 0 saturated carbocycles. The van der Waals surface area contributed by atoms with Gasteiger partial charge in [-0.25, -0.2) is 14.4 Å². The third-order valence-electron chi connectivity index (χ3n) is 4.54. The van der Waals surface area contributed by atoms with E-state index in [2.05, 4.69) is 20.4 Å². The van der Waals surface area contributed by atoms with Crippen molar-refractivity contribution in [3.05, 3.63) is 63.5 Å². The molecule has 0 spiro atoms. The molecule has 0 saturated heterocycles. The zero-order chi connectivity index (χ0) is 21.6. The van der Waals surface area contributed by atoms with Crippen molar-refractivity contribution in [2.24, 2.45) is 0 Å². The number of halogens is 2. The maximum Gasteiger partial charge on any atom is 0.263 e. The lowest BCUT2D eigenvalue weighted by Gasteiger charge is -2.13. The van der Waals surface area contributed by atoms with E-state index in [1.807, 2.05) is 20.8 Å². The van der Waals surface area contributed by atoms with E-state index in [9.17, 15) is 14.0 Å². The molecule has 4 aromatic heterocycles. The van der Waals surface area contributed by atoms with Crippen LogP contribution in [0, 0.1) is 5.82 Å². The molecule has 4 rings (SSSR count). The average Bonchev–Trinajstić information content (AvgIpc) is 3.13. The van der Waals surface area contributed by atoms with Crippen molar-refractivity contribution >= 4 is 40.0 Å². The summed E-state index contributed by atoms with van der Waals surface area (Å²) in [5, 5.41) is 7.71. The van der Waals surface area contributed by atoms with Crippen molar-refractivity contribution in [3.63, 3.8) is 0 Å². The molecule has 0 fully saturated rings. The zero-order valence-electron chi connectivity index (χ0n) is 16.5. The summed E-state index contributed by atoms with van der Waals surface area (Å²) in [7, 11) is 0. The normalized spacial score (nSPS) is 11.9. The van der Waals surface area contributed by atoms with Gasteiger partial charge in [0.15, 0.2) is 5.65 Å². The number of nitrogens with zero attached hydrogens (tertiary/aromatic N) is 5. The molecule has 0 atom stereocenters. The molecular formula is C20H18ClFN6O2. The predicted molar refractivity (Wildman–Crippen MR) is 111 cm³/mol. The fourth-order valence-electron chi connectivity index (χ4n) is 3.02. The minimum atomic E-state index is -0.515. The standard InChI is InChI=1S/C20H18ClFN6O2/c1-20(2,3)14-7-17-27(10-16(29)25-15-5-4-12(22)9-23-15)19(30)13-6-11(21)8-24-18(13)28(17)26-14/h4-9H,10H2,1-3H3,(H,23,25,29). The van der Waals surface area contributed by atoms with Gasteiger partial charge in [-0.05, 0) is 18.2 Å². The Morgan fingerprint density at radius 3 is 2.63 bits per heavy atom. The van der Waals surface area contributed by atoms with Crippen molar-refractivity contribution in [2.75, 3.05) is 5.32 Å². The Kier molecular flexibility index (Phi) is 4.77. The average molecular weight is 429 g/mol. The van der Waals surface area contributed by atoms with Gasteiger partial charge in [0, 0.05) is 17.7 Å². The molecular weight excluding hydrogens is 411 g/mol. The Labute approximate surface area is 175 Å². The number of carbonyl (C=O) groups is 1. The molecule has 154 valence electrons. The summed E-state index contributed by atoms with van der Waals surface area (Å²) >= 11 is 6.04. The highest BCUT2D eigenvalue weighted by Crippen LogP contribution is 2.24. The van der Waals surface area contributed by atoms with Gasteiger partial charge in [0.2, 0.25) is 5.91 Å². The summed E-state index contributed by atoms with van der Waals surface area (Å²) in [6, 6.07) is 5.79. The van der Waals surface area contributed by atoms with E-state index in [-0.39, 0.29) is 23.2 Å². The first-order chi connectivity index (χ1) is 14.1. The fourth-order valence-corrected chi connectivity index (χ4v) is 3.18. The Balaban J connectivity index is 1.85. The third-order valence-corrected chi connectivity index (χ3v) is 4.75. The highest BCUT2D eigenvalue weighted by Gasteiger charge is 2.22. The van der Waals surface area contributed by atoms with Crippen LogP contribution < -0.4 is 10.9 Å².